The maximum Gasteiger partial charge on any atom is 0.265 e. The Morgan fingerprint density at radius 3 is 2.87 bits per heavy atom. The first-order valence-corrected chi connectivity index (χ1v) is 9.60. The number of hydrogen-bond acceptors (Lipinski definition) is 6. The van der Waals surface area contributed by atoms with E-state index in [0.717, 1.165) is 31.4 Å². The van der Waals surface area contributed by atoms with Gasteiger partial charge in [-0.2, -0.15) is 0 Å². The molecule has 1 saturated heterocycles. The number of nitrogens with zero attached hydrogens (tertiary/aromatic N) is 2. The van der Waals surface area contributed by atoms with Gasteiger partial charge in [0.25, 0.3) is 5.56 Å². The van der Waals surface area contributed by atoms with Crippen LogP contribution in [0.3, 0.4) is 0 Å². The molecule has 0 bridgehead atoms. The zero-order valence-corrected chi connectivity index (χ0v) is 16.4. The first kappa shape index (κ1) is 20.2. The van der Waals surface area contributed by atoms with Crippen LogP contribution in [0.5, 0.6) is 5.75 Å². The van der Waals surface area contributed by atoms with E-state index in [-0.39, 0.29) is 34.9 Å². The van der Waals surface area contributed by atoms with Gasteiger partial charge in [-0.15, -0.1) is 0 Å². The van der Waals surface area contributed by atoms with Gasteiger partial charge in [0, 0.05) is 24.6 Å². The second kappa shape index (κ2) is 8.76. The normalized spacial score (nSPS) is 16.6. The second-order valence-electron chi connectivity index (χ2n) is 6.88. The van der Waals surface area contributed by atoms with Gasteiger partial charge in [0.2, 0.25) is 0 Å². The van der Waals surface area contributed by atoms with E-state index in [2.05, 4.69) is 10.3 Å². The van der Waals surface area contributed by atoms with Crippen molar-refractivity contribution < 1.29 is 23.0 Å². The van der Waals surface area contributed by atoms with Gasteiger partial charge < -0.3 is 19.5 Å². The van der Waals surface area contributed by atoms with Crippen LogP contribution >= 0.6 is 0 Å². The predicted molar refractivity (Wildman–Crippen MR) is 106 cm³/mol. The average molecular weight is 417 g/mol. The minimum atomic E-state index is -1.01. The highest BCUT2D eigenvalue weighted by atomic mass is 19.2. The van der Waals surface area contributed by atoms with Gasteiger partial charge in [-0.05, 0) is 43.5 Å². The van der Waals surface area contributed by atoms with Crippen LogP contribution in [0.25, 0.3) is 5.65 Å². The molecule has 9 heteroatoms. The van der Waals surface area contributed by atoms with Crippen LogP contribution in [0.1, 0.15) is 24.8 Å². The van der Waals surface area contributed by atoms with Gasteiger partial charge >= 0.3 is 0 Å². The summed E-state index contributed by atoms with van der Waals surface area (Å²) in [6, 6.07) is 6.70. The van der Waals surface area contributed by atoms with Gasteiger partial charge in [-0.25, -0.2) is 13.8 Å². The predicted octanol–water partition coefficient (Wildman–Crippen LogP) is 3.77. The van der Waals surface area contributed by atoms with Crippen LogP contribution in [-0.2, 0) is 16.1 Å². The number of ether oxygens (including phenoxy) is 3. The van der Waals surface area contributed by atoms with E-state index in [1.54, 1.807) is 18.3 Å². The third kappa shape index (κ3) is 4.12. The summed E-state index contributed by atoms with van der Waals surface area (Å²) in [7, 11) is 1.47. The zero-order chi connectivity index (χ0) is 21.1. The number of anilines is 2. The highest BCUT2D eigenvalue weighted by molar-refractivity contribution is 5.64. The fourth-order valence-corrected chi connectivity index (χ4v) is 3.30. The summed E-state index contributed by atoms with van der Waals surface area (Å²) < 4.78 is 45.0. The number of halogens is 2. The highest BCUT2D eigenvalue weighted by Crippen LogP contribution is 2.24. The number of hydrogen-bond donors (Lipinski definition) is 1. The van der Waals surface area contributed by atoms with Crippen LogP contribution in [0.2, 0.25) is 0 Å². The summed E-state index contributed by atoms with van der Waals surface area (Å²) in [6.07, 6.45) is 3.87. The van der Waals surface area contributed by atoms with Gasteiger partial charge in [0.1, 0.15) is 5.82 Å². The van der Waals surface area contributed by atoms with Crippen molar-refractivity contribution in [1.29, 1.82) is 0 Å². The van der Waals surface area contributed by atoms with E-state index in [9.17, 15) is 13.6 Å². The fraction of sp³-hybridized carbons (Fsp3) is 0.333. The lowest BCUT2D eigenvalue weighted by atomic mass is 10.2. The zero-order valence-electron chi connectivity index (χ0n) is 16.4. The molecule has 1 unspecified atom stereocenters. The Balaban J connectivity index is 1.75. The molecule has 0 radical (unpaired) electrons. The maximum absolute atomic E-state index is 13.7. The average Bonchev–Trinajstić information content (AvgIpc) is 2.76. The molecule has 7 nitrogen and oxygen atoms in total. The molecule has 1 aromatic carbocycles. The molecule has 2 aromatic heterocycles. The van der Waals surface area contributed by atoms with E-state index < -0.39 is 17.9 Å². The molecule has 0 saturated carbocycles. The number of aromatic nitrogens is 2. The molecule has 158 valence electrons. The molecule has 1 aliphatic rings. The molecule has 1 aliphatic heterocycles. The smallest absolute Gasteiger partial charge is 0.265 e. The number of benzene rings is 1. The van der Waals surface area contributed by atoms with Crippen molar-refractivity contribution in [2.75, 3.05) is 19.0 Å². The second-order valence-corrected chi connectivity index (χ2v) is 6.88. The Morgan fingerprint density at radius 2 is 2.13 bits per heavy atom. The molecule has 30 heavy (non-hydrogen) atoms. The van der Waals surface area contributed by atoms with Crippen molar-refractivity contribution in [2.45, 2.75) is 32.2 Å². The Morgan fingerprint density at radius 1 is 1.27 bits per heavy atom. The molecule has 1 N–H and O–H groups in total. The summed E-state index contributed by atoms with van der Waals surface area (Å²) in [4.78, 5) is 17.7. The lowest BCUT2D eigenvalue weighted by Crippen LogP contribution is -2.26. The minimum Gasteiger partial charge on any atom is -0.493 e. The largest absolute Gasteiger partial charge is 0.493 e. The quantitative estimate of drug-likeness (QED) is 0.658. The van der Waals surface area contributed by atoms with E-state index in [4.69, 9.17) is 14.2 Å². The Labute approximate surface area is 171 Å². The van der Waals surface area contributed by atoms with Crippen LogP contribution in [0.15, 0.2) is 41.3 Å². The summed E-state index contributed by atoms with van der Waals surface area (Å²) in [5, 5.41) is 2.91. The molecule has 4 rings (SSSR count). The van der Waals surface area contributed by atoms with Crippen molar-refractivity contribution in [3.05, 3.63) is 64.1 Å². The van der Waals surface area contributed by atoms with E-state index >= 15 is 0 Å². The molecule has 1 atom stereocenters. The topological polar surface area (TPSA) is 74.1 Å². The van der Waals surface area contributed by atoms with E-state index in [1.165, 1.54) is 17.6 Å². The van der Waals surface area contributed by atoms with Crippen LogP contribution < -0.4 is 15.6 Å². The van der Waals surface area contributed by atoms with Crippen LogP contribution in [0, 0.1) is 11.6 Å². The maximum atomic E-state index is 13.7. The van der Waals surface area contributed by atoms with Gasteiger partial charge in [0.05, 0.1) is 19.3 Å². The standard InChI is InChI=1S/C21H21F2N3O4/c1-28-17-5-4-9-26-20(17)25-19(24-13-7-8-15(22)16(23)11-13)14(21(26)27)12-30-18-6-2-3-10-29-18/h4-5,7-9,11,18,24H,2-3,6,10,12H2,1H3. The molecule has 0 amide bonds. The summed E-state index contributed by atoms with van der Waals surface area (Å²) in [6.45, 7) is 0.555. The van der Waals surface area contributed by atoms with Gasteiger partial charge in [-0.1, -0.05) is 0 Å². The molecular weight excluding hydrogens is 396 g/mol. The van der Waals surface area contributed by atoms with Crippen molar-refractivity contribution in [3.8, 4) is 5.75 Å². The van der Waals surface area contributed by atoms with Crippen LogP contribution in [-0.4, -0.2) is 29.4 Å². The number of nitrogens with one attached hydrogen (secondary N) is 1. The van der Waals surface area contributed by atoms with Crippen molar-refractivity contribution >= 4 is 17.2 Å². The lowest BCUT2D eigenvalue weighted by Gasteiger charge is -2.23. The number of methoxy groups -OCH3 is 1. The van der Waals surface area contributed by atoms with E-state index in [1.807, 2.05) is 0 Å². The van der Waals surface area contributed by atoms with Crippen LogP contribution in [0.4, 0.5) is 20.3 Å². The summed E-state index contributed by atoms with van der Waals surface area (Å²) >= 11 is 0. The molecular formula is C21H21F2N3O4. The highest BCUT2D eigenvalue weighted by Gasteiger charge is 2.20. The third-order valence-electron chi connectivity index (χ3n) is 4.87. The van der Waals surface area contributed by atoms with Gasteiger partial charge in [0.15, 0.2) is 29.3 Å². The van der Waals surface area contributed by atoms with Crippen molar-refractivity contribution in [3.63, 3.8) is 0 Å². The SMILES string of the molecule is COc1cccn2c(=O)c(COC3CCCCO3)c(Nc3ccc(F)c(F)c3)nc12. The first-order valence-electron chi connectivity index (χ1n) is 9.60. The molecule has 3 aromatic rings. The van der Waals surface area contributed by atoms with Crippen molar-refractivity contribution in [2.24, 2.45) is 0 Å². The molecule has 0 aliphatic carbocycles. The van der Waals surface area contributed by atoms with Gasteiger partial charge in [-0.3, -0.25) is 9.20 Å². The fourth-order valence-electron chi connectivity index (χ4n) is 3.30. The Kier molecular flexibility index (Phi) is 5.91. The Hall–Kier alpha value is -3.04. The monoisotopic (exact) mass is 417 g/mol. The minimum absolute atomic E-state index is 0.0529. The molecule has 1 fully saturated rings. The number of fused-ring (bicyclic) bond motifs is 1. The molecule has 3 heterocycles. The van der Waals surface area contributed by atoms with E-state index in [0.29, 0.717) is 12.4 Å². The van der Waals surface area contributed by atoms with Crippen molar-refractivity contribution in [1.82, 2.24) is 9.38 Å². The Bertz CT molecular complexity index is 1110. The number of pyridine rings is 1. The lowest BCUT2D eigenvalue weighted by molar-refractivity contribution is -0.169. The summed E-state index contributed by atoms with van der Waals surface area (Å²) in [5.41, 5.74) is 0.405. The molecule has 0 spiro atoms. The first-order chi connectivity index (χ1) is 14.6. The third-order valence-corrected chi connectivity index (χ3v) is 4.87. The summed E-state index contributed by atoms with van der Waals surface area (Å²) in [5.74, 6) is -1.41. The number of rotatable bonds is 6.